The Balaban J connectivity index is 2.91. The number of para-hydroxylation sites is 1. The molecule has 0 aromatic heterocycles. The molecule has 0 atom stereocenters. The molecule has 1 aromatic rings. The number of rotatable bonds is 3. The van der Waals surface area contributed by atoms with Gasteiger partial charge in [0, 0.05) is 6.54 Å². The van der Waals surface area contributed by atoms with Crippen LogP contribution in [0.2, 0.25) is 0 Å². The second kappa shape index (κ2) is 6.35. The first kappa shape index (κ1) is 13.6. The van der Waals surface area contributed by atoms with Gasteiger partial charge in [-0.15, -0.1) is 0 Å². The topological polar surface area (TPSA) is 73.2 Å². The van der Waals surface area contributed by atoms with Gasteiger partial charge in [0.15, 0.2) is 0 Å². The molecule has 94 valence electrons. The molecule has 0 fully saturated rings. The lowest BCUT2D eigenvalue weighted by molar-refractivity contribution is -0.137. The molecular formula is C12H12FN3O2. The molecule has 0 heterocycles. The Kier molecular flexibility index (Phi) is 4.81. The smallest absolute Gasteiger partial charge is 0.316 e. The highest BCUT2D eigenvalue weighted by molar-refractivity contribution is 6.40. The number of nitrogens with zero attached hydrogens (tertiary/aromatic N) is 2. The van der Waals surface area contributed by atoms with Crippen molar-refractivity contribution in [2.24, 2.45) is 0 Å². The molecule has 0 aliphatic rings. The minimum absolute atomic E-state index is 0.0390. The van der Waals surface area contributed by atoms with Crippen molar-refractivity contribution in [3.8, 4) is 6.07 Å². The second-order valence-corrected chi connectivity index (χ2v) is 3.34. The zero-order valence-corrected chi connectivity index (χ0v) is 9.81. The van der Waals surface area contributed by atoms with Crippen molar-refractivity contribution in [3.63, 3.8) is 0 Å². The highest BCUT2D eigenvalue weighted by Gasteiger charge is 2.23. The summed E-state index contributed by atoms with van der Waals surface area (Å²) in [6.45, 7) is 1.51. The van der Waals surface area contributed by atoms with Crippen LogP contribution < -0.4 is 10.2 Å². The van der Waals surface area contributed by atoms with Crippen molar-refractivity contribution < 1.29 is 14.0 Å². The summed E-state index contributed by atoms with van der Waals surface area (Å²) in [4.78, 5) is 24.2. The van der Waals surface area contributed by atoms with E-state index in [0.29, 0.717) is 0 Å². The number of nitriles is 1. The number of halogens is 1. The van der Waals surface area contributed by atoms with Gasteiger partial charge in [0.05, 0.1) is 11.8 Å². The fourth-order valence-corrected chi connectivity index (χ4v) is 1.41. The molecule has 1 N–H and O–H groups in total. The van der Waals surface area contributed by atoms with Crippen molar-refractivity contribution in [1.29, 1.82) is 5.26 Å². The standard InChI is InChI=1S/C12H12FN3O2/c1-2-16(10-6-4-3-5-9(10)13)12(18)11(17)15-8-7-14/h3-6H,2,8H2,1H3,(H,15,17). The number of carbonyl (C=O) groups is 2. The van der Waals surface area contributed by atoms with Gasteiger partial charge in [-0.1, -0.05) is 12.1 Å². The number of likely N-dealkylation sites (N-methyl/N-ethyl adjacent to an activating group) is 1. The SMILES string of the molecule is CCN(C(=O)C(=O)NCC#N)c1ccccc1F. The fraction of sp³-hybridized carbons (Fsp3) is 0.250. The molecule has 2 amide bonds. The van der Waals surface area contributed by atoms with Crippen LogP contribution in [0.15, 0.2) is 24.3 Å². The number of amides is 2. The Hall–Kier alpha value is -2.42. The van der Waals surface area contributed by atoms with Crippen LogP contribution in [0.3, 0.4) is 0 Å². The van der Waals surface area contributed by atoms with Crippen molar-refractivity contribution in [1.82, 2.24) is 5.32 Å². The van der Waals surface area contributed by atoms with E-state index in [2.05, 4.69) is 5.32 Å². The van der Waals surface area contributed by atoms with Crippen LogP contribution in [0.25, 0.3) is 0 Å². The maximum absolute atomic E-state index is 13.5. The van der Waals surface area contributed by atoms with Crippen molar-refractivity contribution >= 4 is 17.5 Å². The minimum Gasteiger partial charge on any atom is -0.335 e. The van der Waals surface area contributed by atoms with E-state index in [1.807, 2.05) is 0 Å². The Morgan fingerprint density at radius 2 is 2.11 bits per heavy atom. The summed E-state index contributed by atoms with van der Waals surface area (Å²) >= 11 is 0. The highest BCUT2D eigenvalue weighted by Crippen LogP contribution is 2.18. The molecular weight excluding hydrogens is 237 g/mol. The maximum atomic E-state index is 13.5. The van der Waals surface area contributed by atoms with E-state index >= 15 is 0 Å². The Morgan fingerprint density at radius 3 is 2.67 bits per heavy atom. The molecule has 0 saturated heterocycles. The molecule has 0 aliphatic heterocycles. The quantitative estimate of drug-likeness (QED) is 0.636. The molecule has 1 rings (SSSR count). The van der Waals surface area contributed by atoms with Gasteiger partial charge < -0.3 is 10.2 Å². The third-order valence-corrected chi connectivity index (χ3v) is 2.23. The summed E-state index contributed by atoms with van der Waals surface area (Å²) in [5.41, 5.74) is 0.0390. The Bertz CT molecular complexity index is 496. The van der Waals surface area contributed by atoms with E-state index in [0.717, 1.165) is 4.90 Å². The zero-order chi connectivity index (χ0) is 13.5. The van der Waals surface area contributed by atoms with E-state index in [1.54, 1.807) is 19.1 Å². The van der Waals surface area contributed by atoms with Crippen molar-refractivity contribution in [3.05, 3.63) is 30.1 Å². The minimum atomic E-state index is -0.929. The number of anilines is 1. The lowest BCUT2D eigenvalue weighted by Gasteiger charge is -2.20. The third kappa shape index (κ3) is 3.04. The predicted molar refractivity (Wildman–Crippen MR) is 63.0 cm³/mol. The first-order valence-corrected chi connectivity index (χ1v) is 5.33. The largest absolute Gasteiger partial charge is 0.335 e. The van der Waals surface area contributed by atoms with Gasteiger partial charge in [-0.3, -0.25) is 9.59 Å². The lowest BCUT2D eigenvalue weighted by Crippen LogP contribution is -2.43. The molecule has 18 heavy (non-hydrogen) atoms. The van der Waals surface area contributed by atoms with Crippen molar-refractivity contribution in [2.75, 3.05) is 18.0 Å². The van der Waals surface area contributed by atoms with Gasteiger partial charge >= 0.3 is 11.8 Å². The number of hydrogen-bond donors (Lipinski definition) is 1. The van der Waals surface area contributed by atoms with Crippen LogP contribution >= 0.6 is 0 Å². The van der Waals surface area contributed by atoms with E-state index < -0.39 is 17.6 Å². The summed E-state index contributed by atoms with van der Waals surface area (Å²) < 4.78 is 13.5. The van der Waals surface area contributed by atoms with Crippen LogP contribution in [0.5, 0.6) is 0 Å². The summed E-state index contributed by atoms with van der Waals surface area (Å²) in [5, 5.41) is 10.4. The van der Waals surface area contributed by atoms with Gasteiger partial charge in [0.2, 0.25) is 0 Å². The summed E-state index contributed by atoms with van der Waals surface area (Å²) in [5.74, 6) is -2.40. The number of benzene rings is 1. The molecule has 0 bridgehead atoms. The van der Waals surface area contributed by atoms with E-state index in [4.69, 9.17) is 5.26 Å². The van der Waals surface area contributed by atoms with E-state index in [1.165, 1.54) is 18.2 Å². The fourth-order valence-electron chi connectivity index (χ4n) is 1.41. The molecule has 0 unspecified atom stereocenters. The van der Waals surface area contributed by atoms with Crippen LogP contribution in [-0.2, 0) is 9.59 Å². The highest BCUT2D eigenvalue weighted by atomic mass is 19.1. The number of carbonyl (C=O) groups excluding carboxylic acids is 2. The van der Waals surface area contributed by atoms with Crippen LogP contribution in [0.4, 0.5) is 10.1 Å². The Morgan fingerprint density at radius 1 is 1.44 bits per heavy atom. The first-order valence-electron chi connectivity index (χ1n) is 5.33. The van der Waals surface area contributed by atoms with Gasteiger partial charge in [0.25, 0.3) is 0 Å². The van der Waals surface area contributed by atoms with Gasteiger partial charge in [-0.2, -0.15) is 5.26 Å². The number of nitrogens with one attached hydrogen (secondary N) is 1. The van der Waals surface area contributed by atoms with Gasteiger partial charge in [-0.05, 0) is 19.1 Å². The summed E-state index contributed by atoms with van der Waals surface area (Å²) in [7, 11) is 0. The monoisotopic (exact) mass is 249 g/mol. The molecule has 1 aromatic carbocycles. The van der Waals surface area contributed by atoms with E-state index in [9.17, 15) is 14.0 Å². The summed E-state index contributed by atoms with van der Waals surface area (Å²) in [6.07, 6.45) is 0. The third-order valence-electron chi connectivity index (χ3n) is 2.23. The second-order valence-electron chi connectivity index (χ2n) is 3.34. The van der Waals surface area contributed by atoms with Crippen molar-refractivity contribution in [2.45, 2.75) is 6.92 Å². The zero-order valence-electron chi connectivity index (χ0n) is 9.81. The van der Waals surface area contributed by atoms with Gasteiger partial charge in [0.1, 0.15) is 12.4 Å². The predicted octanol–water partition coefficient (Wildman–Crippen LogP) is 0.818. The maximum Gasteiger partial charge on any atom is 0.316 e. The van der Waals surface area contributed by atoms with Crippen LogP contribution in [-0.4, -0.2) is 24.9 Å². The lowest BCUT2D eigenvalue weighted by atomic mass is 10.2. The Labute approximate surface area is 104 Å². The number of hydrogen-bond acceptors (Lipinski definition) is 3. The van der Waals surface area contributed by atoms with Crippen LogP contribution in [0, 0.1) is 17.1 Å². The molecule has 0 saturated carbocycles. The van der Waals surface area contributed by atoms with Gasteiger partial charge in [-0.25, -0.2) is 4.39 Å². The average molecular weight is 249 g/mol. The molecule has 0 spiro atoms. The first-order chi connectivity index (χ1) is 8.61. The van der Waals surface area contributed by atoms with E-state index in [-0.39, 0.29) is 18.8 Å². The molecule has 6 heteroatoms. The molecule has 5 nitrogen and oxygen atoms in total. The molecule has 0 aliphatic carbocycles. The summed E-state index contributed by atoms with van der Waals surface area (Å²) in [6, 6.07) is 7.37. The molecule has 0 radical (unpaired) electrons. The van der Waals surface area contributed by atoms with Crippen LogP contribution in [0.1, 0.15) is 6.92 Å². The average Bonchev–Trinajstić information content (AvgIpc) is 2.38. The normalized spacial score (nSPS) is 9.39.